The topological polar surface area (TPSA) is 225 Å². The molecule has 0 spiro atoms. The number of carboxylic acid groups (broad SMARTS) is 1. The highest BCUT2D eigenvalue weighted by Crippen LogP contribution is 2.21. The molecule has 0 bridgehead atoms. The van der Waals surface area contributed by atoms with E-state index in [0.717, 1.165) is 27.4 Å². The summed E-state index contributed by atoms with van der Waals surface area (Å²) in [4.78, 5) is 70.2. The predicted molar refractivity (Wildman–Crippen MR) is 177 cm³/mol. The fourth-order valence-corrected chi connectivity index (χ4v) is 5.69. The largest absolute Gasteiger partial charge is 0.480 e. The smallest absolute Gasteiger partial charge is 0.326 e. The van der Waals surface area contributed by atoms with E-state index in [2.05, 4.69) is 25.9 Å². The van der Waals surface area contributed by atoms with Gasteiger partial charge >= 0.3 is 5.97 Å². The van der Waals surface area contributed by atoms with Gasteiger partial charge in [0.2, 0.25) is 23.6 Å². The van der Waals surface area contributed by atoms with Gasteiger partial charge in [-0.05, 0) is 48.1 Å². The second kappa shape index (κ2) is 16.0. The van der Waals surface area contributed by atoms with Gasteiger partial charge in [-0.2, -0.15) is 11.8 Å². The summed E-state index contributed by atoms with van der Waals surface area (Å²) in [5, 5.41) is 19.4. The van der Waals surface area contributed by atoms with Gasteiger partial charge in [0.15, 0.2) is 0 Å². The average molecular weight is 650 g/mol. The van der Waals surface area contributed by atoms with Crippen LogP contribution in [-0.4, -0.2) is 80.8 Å². The van der Waals surface area contributed by atoms with Crippen LogP contribution < -0.4 is 27.4 Å². The molecule has 10 N–H and O–H groups in total. The minimum atomic E-state index is -1.42. The van der Waals surface area contributed by atoms with Gasteiger partial charge in [-0.25, -0.2) is 4.79 Å². The second-order valence-electron chi connectivity index (χ2n) is 11.0. The number of carboxylic acids is 1. The van der Waals surface area contributed by atoms with Crippen LogP contribution in [0.5, 0.6) is 0 Å². The number of nitrogens with one attached hydrogen (secondary N) is 5. The zero-order valence-electron chi connectivity index (χ0n) is 25.4. The van der Waals surface area contributed by atoms with E-state index < -0.39 is 53.8 Å². The molecule has 4 rings (SSSR count). The van der Waals surface area contributed by atoms with Gasteiger partial charge in [0, 0.05) is 53.5 Å². The number of benzene rings is 2. The lowest BCUT2D eigenvalue weighted by molar-refractivity contribution is -0.142. The van der Waals surface area contributed by atoms with Crippen molar-refractivity contribution in [2.45, 2.75) is 56.3 Å². The van der Waals surface area contributed by atoms with Crippen LogP contribution in [0, 0.1) is 0 Å². The van der Waals surface area contributed by atoms with Crippen molar-refractivity contribution in [3.63, 3.8) is 0 Å². The van der Waals surface area contributed by atoms with E-state index in [1.165, 1.54) is 0 Å². The van der Waals surface area contributed by atoms with Crippen LogP contribution in [0.15, 0.2) is 60.9 Å². The summed E-state index contributed by atoms with van der Waals surface area (Å²) in [5.74, 6) is -3.35. The van der Waals surface area contributed by atoms with Gasteiger partial charge in [-0.1, -0.05) is 36.4 Å². The van der Waals surface area contributed by atoms with Crippen LogP contribution in [0.4, 0.5) is 0 Å². The summed E-state index contributed by atoms with van der Waals surface area (Å²) in [5.41, 5.74) is 14.5. The number of primary amides is 1. The number of aromatic nitrogens is 2. The Morgan fingerprint density at radius 3 is 1.72 bits per heavy atom. The monoisotopic (exact) mass is 649 g/mol. The first-order valence-corrected chi connectivity index (χ1v) is 16.2. The number of amides is 4. The maximum Gasteiger partial charge on any atom is 0.326 e. The van der Waals surface area contributed by atoms with Crippen LogP contribution in [0.25, 0.3) is 21.8 Å². The van der Waals surface area contributed by atoms with Gasteiger partial charge in [0.05, 0.1) is 6.04 Å². The van der Waals surface area contributed by atoms with Crippen LogP contribution >= 0.6 is 11.8 Å². The molecule has 14 heteroatoms. The summed E-state index contributed by atoms with van der Waals surface area (Å²) in [7, 11) is 0. The van der Waals surface area contributed by atoms with E-state index in [4.69, 9.17) is 11.5 Å². The lowest BCUT2D eigenvalue weighted by Gasteiger charge is -2.25. The number of carbonyl (C=O) groups excluding carboxylic acids is 4. The molecular weight excluding hydrogens is 610 g/mol. The van der Waals surface area contributed by atoms with Crippen LogP contribution in [0.3, 0.4) is 0 Å². The number of aliphatic carboxylic acids is 1. The Bertz CT molecular complexity index is 1700. The average Bonchev–Trinajstić information content (AvgIpc) is 3.64. The highest BCUT2D eigenvalue weighted by molar-refractivity contribution is 7.98. The van der Waals surface area contributed by atoms with Crippen molar-refractivity contribution < 1.29 is 29.1 Å². The van der Waals surface area contributed by atoms with Crippen LogP contribution in [0.2, 0.25) is 0 Å². The number of hydrogen-bond donors (Lipinski definition) is 8. The second-order valence-corrected chi connectivity index (χ2v) is 12.0. The Hall–Kier alpha value is -4.82. The molecule has 4 atom stereocenters. The maximum atomic E-state index is 14.0. The molecular formula is C32H39N7O6S. The van der Waals surface area contributed by atoms with Gasteiger partial charge in [-0.15, -0.1) is 0 Å². The maximum absolute atomic E-state index is 14.0. The molecule has 0 saturated heterocycles. The molecule has 4 aromatic rings. The number of carbonyl (C=O) groups is 5. The fraction of sp³-hybridized carbons (Fsp3) is 0.344. The first kappa shape index (κ1) is 34.1. The molecule has 0 aliphatic carbocycles. The highest BCUT2D eigenvalue weighted by atomic mass is 32.2. The molecule has 0 radical (unpaired) electrons. The molecule has 4 amide bonds. The molecule has 2 heterocycles. The molecule has 244 valence electrons. The number of rotatable bonds is 17. The number of aromatic amines is 2. The molecule has 0 fully saturated rings. The Balaban J connectivity index is 1.63. The van der Waals surface area contributed by atoms with Crippen LogP contribution in [0.1, 0.15) is 30.4 Å². The molecule has 2 aromatic heterocycles. The van der Waals surface area contributed by atoms with E-state index in [1.807, 2.05) is 54.8 Å². The number of hydrogen-bond acceptors (Lipinski definition) is 7. The third-order valence-corrected chi connectivity index (χ3v) is 8.37. The number of fused-ring (bicyclic) bond motifs is 2. The molecule has 2 aromatic carbocycles. The third-order valence-electron chi connectivity index (χ3n) is 7.73. The van der Waals surface area contributed by atoms with E-state index >= 15 is 0 Å². The molecule has 13 nitrogen and oxygen atoms in total. The summed E-state index contributed by atoms with van der Waals surface area (Å²) in [6, 6.07) is 10.3. The fourth-order valence-electron chi connectivity index (χ4n) is 5.20. The van der Waals surface area contributed by atoms with Crippen LogP contribution in [-0.2, 0) is 36.8 Å². The molecule has 4 unspecified atom stereocenters. The Morgan fingerprint density at radius 2 is 1.24 bits per heavy atom. The molecule has 0 saturated carbocycles. The molecule has 46 heavy (non-hydrogen) atoms. The quantitative estimate of drug-likeness (QED) is 0.0830. The van der Waals surface area contributed by atoms with E-state index in [0.29, 0.717) is 17.7 Å². The Morgan fingerprint density at radius 1 is 0.761 bits per heavy atom. The third kappa shape index (κ3) is 8.88. The summed E-state index contributed by atoms with van der Waals surface area (Å²) in [6.07, 6.45) is 5.40. The minimum Gasteiger partial charge on any atom is -0.480 e. The van der Waals surface area contributed by atoms with Crippen molar-refractivity contribution in [1.82, 2.24) is 25.9 Å². The van der Waals surface area contributed by atoms with Gasteiger partial charge in [0.25, 0.3) is 0 Å². The van der Waals surface area contributed by atoms with E-state index in [9.17, 15) is 29.1 Å². The van der Waals surface area contributed by atoms with Crippen molar-refractivity contribution in [1.29, 1.82) is 0 Å². The van der Waals surface area contributed by atoms with Gasteiger partial charge in [-0.3, -0.25) is 19.2 Å². The first-order chi connectivity index (χ1) is 22.1. The summed E-state index contributed by atoms with van der Waals surface area (Å²) >= 11 is 1.55. The number of H-pyrrole nitrogens is 2. The normalized spacial score (nSPS) is 13.9. The minimum absolute atomic E-state index is 0.00470. The van der Waals surface area contributed by atoms with E-state index in [1.54, 1.807) is 24.2 Å². The molecule has 0 aliphatic heterocycles. The Kier molecular flexibility index (Phi) is 11.8. The highest BCUT2D eigenvalue weighted by Gasteiger charge is 2.31. The standard InChI is InChI=1S/C32H39N7O6S/c1-46-13-12-22(33)29(41)38-26(14-18-16-35-23-8-4-2-6-20(18)23)31(43)39-27(15-19-17-36-24-9-5-3-7-21(19)24)30(42)37-25(32(44)45)10-11-28(34)40/h2-9,16-17,22,25-27,35-36H,10-15,33H2,1H3,(H2,34,40)(H,37,42)(H,38,41)(H,39,43)(H,44,45). The summed E-state index contributed by atoms with van der Waals surface area (Å²) in [6.45, 7) is 0. The summed E-state index contributed by atoms with van der Waals surface area (Å²) < 4.78 is 0. The van der Waals surface area contributed by atoms with Crippen molar-refractivity contribution in [2.24, 2.45) is 11.5 Å². The van der Waals surface area contributed by atoms with Gasteiger partial charge in [0.1, 0.15) is 18.1 Å². The zero-order valence-corrected chi connectivity index (χ0v) is 26.2. The van der Waals surface area contributed by atoms with E-state index in [-0.39, 0.29) is 25.7 Å². The number of nitrogens with two attached hydrogens (primary N) is 2. The van der Waals surface area contributed by atoms with Crippen molar-refractivity contribution in [3.05, 3.63) is 72.1 Å². The number of para-hydroxylation sites is 2. The number of thioether (sulfide) groups is 1. The lowest BCUT2D eigenvalue weighted by Crippen LogP contribution is -2.58. The predicted octanol–water partition coefficient (Wildman–Crippen LogP) is 1.32. The zero-order chi connectivity index (χ0) is 33.2. The van der Waals surface area contributed by atoms with Gasteiger partial charge < -0.3 is 42.5 Å². The van der Waals surface area contributed by atoms with Crippen molar-refractivity contribution >= 4 is 63.2 Å². The molecule has 0 aliphatic rings. The van der Waals surface area contributed by atoms with Crippen molar-refractivity contribution in [2.75, 3.05) is 12.0 Å². The lowest BCUT2D eigenvalue weighted by atomic mass is 10.0. The Labute approximate surface area is 269 Å². The van der Waals surface area contributed by atoms with Crippen molar-refractivity contribution in [3.8, 4) is 0 Å². The SMILES string of the molecule is CSCCC(N)C(=O)NC(Cc1c[nH]c2ccccc12)C(=O)NC(Cc1c[nH]c2ccccc12)C(=O)NC(CCC(N)=O)C(=O)O. The first-order valence-electron chi connectivity index (χ1n) is 14.8.